The van der Waals surface area contributed by atoms with Crippen LogP contribution in [0.3, 0.4) is 0 Å². The summed E-state index contributed by atoms with van der Waals surface area (Å²) in [5.74, 6) is -1.05. The Balaban J connectivity index is 1.84. The molecule has 3 rings (SSSR count). The minimum absolute atomic E-state index is 0.146. The van der Waals surface area contributed by atoms with E-state index in [0.717, 1.165) is 10.5 Å². The molecule has 1 aliphatic heterocycles. The number of likely N-dealkylation sites (N-methyl/N-ethyl adjacent to an activating group) is 1. The van der Waals surface area contributed by atoms with Gasteiger partial charge in [-0.25, -0.2) is 0 Å². The average Bonchev–Trinajstić information content (AvgIpc) is 2.92. The maximum atomic E-state index is 12.8. The Kier molecular flexibility index (Phi) is 5.70. The molecule has 0 spiro atoms. The van der Waals surface area contributed by atoms with Crippen molar-refractivity contribution in [1.29, 1.82) is 0 Å². The summed E-state index contributed by atoms with van der Waals surface area (Å²) < 4.78 is 0. The zero-order valence-electron chi connectivity index (χ0n) is 16.0. The van der Waals surface area contributed by atoms with Crippen LogP contribution in [-0.2, 0) is 0 Å². The number of hydrogen-bond acceptors (Lipinski definition) is 4. The molecule has 2 aromatic carbocycles. The molecule has 1 aliphatic rings. The van der Waals surface area contributed by atoms with Gasteiger partial charge in [-0.15, -0.1) is 6.58 Å². The Morgan fingerprint density at radius 1 is 1.11 bits per heavy atom. The van der Waals surface area contributed by atoms with Crippen molar-refractivity contribution in [2.75, 3.05) is 27.2 Å². The highest BCUT2D eigenvalue weighted by Gasteiger charge is 2.35. The second-order valence-electron chi connectivity index (χ2n) is 6.97. The fourth-order valence-corrected chi connectivity index (χ4v) is 3.25. The van der Waals surface area contributed by atoms with Crippen molar-refractivity contribution in [3.05, 3.63) is 83.4 Å². The highest BCUT2D eigenvalue weighted by molar-refractivity contribution is 6.22. The van der Waals surface area contributed by atoms with Gasteiger partial charge < -0.3 is 10.2 Å². The predicted molar refractivity (Wildman–Crippen MR) is 107 cm³/mol. The van der Waals surface area contributed by atoms with Crippen molar-refractivity contribution in [3.8, 4) is 0 Å². The predicted octanol–water partition coefficient (Wildman–Crippen LogP) is 2.50. The first-order valence-corrected chi connectivity index (χ1v) is 9.04. The summed E-state index contributed by atoms with van der Waals surface area (Å²) >= 11 is 0. The lowest BCUT2D eigenvalue weighted by atomic mass is 10.0. The Morgan fingerprint density at radius 3 is 2.43 bits per heavy atom. The van der Waals surface area contributed by atoms with E-state index in [4.69, 9.17) is 0 Å². The lowest BCUT2D eigenvalue weighted by Crippen LogP contribution is -2.35. The number of imide groups is 1. The Bertz CT molecular complexity index is 922. The second-order valence-corrected chi connectivity index (χ2v) is 6.97. The highest BCUT2D eigenvalue weighted by atomic mass is 16.2. The van der Waals surface area contributed by atoms with E-state index in [1.165, 1.54) is 18.2 Å². The monoisotopic (exact) mass is 377 g/mol. The molecule has 0 aromatic heterocycles. The van der Waals surface area contributed by atoms with E-state index in [2.05, 4.69) is 11.9 Å². The van der Waals surface area contributed by atoms with E-state index < -0.39 is 5.91 Å². The molecule has 0 bridgehead atoms. The minimum atomic E-state index is -0.401. The second kappa shape index (κ2) is 8.19. The molecule has 2 aromatic rings. The number of fused-ring (bicyclic) bond motifs is 1. The van der Waals surface area contributed by atoms with E-state index in [9.17, 15) is 14.4 Å². The van der Waals surface area contributed by atoms with Crippen molar-refractivity contribution >= 4 is 17.7 Å². The molecule has 144 valence electrons. The van der Waals surface area contributed by atoms with E-state index in [1.807, 2.05) is 49.3 Å². The Hall–Kier alpha value is -3.25. The normalized spacial score (nSPS) is 14.2. The fourth-order valence-electron chi connectivity index (χ4n) is 3.25. The van der Waals surface area contributed by atoms with Crippen LogP contribution in [-0.4, -0.2) is 54.7 Å². The van der Waals surface area contributed by atoms with E-state index in [-0.39, 0.29) is 30.0 Å². The van der Waals surface area contributed by atoms with E-state index in [0.29, 0.717) is 17.7 Å². The van der Waals surface area contributed by atoms with Gasteiger partial charge in [-0.3, -0.25) is 19.3 Å². The molecule has 1 heterocycles. The molecule has 1 atom stereocenters. The minimum Gasteiger partial charge on any atom is -0.344 e. The van der Waals surface area contributed by atoms with Crippen molar-refractivity contribution in [1.82, 2.24) is 15.1 Å². The van der Waals surface area contributed by atoms with Crippen LogP contribution in [0.25, 0.3) is 0 Å². The molecular weight excluding hydrogens is 354 g/mol. The van der Waals surface area contributed by atoms with Crippen LogP contribution < -0.4 is 5.32 Å². The van der Waals surface area contributed by atoms with Gasteiger partial charge in [-0.2, -0.15) is 0 Å². The van der Waals surface area contributed by atoms with Gasteiger partial charge in [0.2, 0.25) is 0 Å². The first-order chi connectivity index (χ1) is 13.4. The number of rotatable bonds is 7. The molecule has 6 heteroatoms. The van der Waals surface area contributed by atoms with Crippen molar-refractivity contribution < 1.29 is 14.4 Å². The molecule has 3 amide bonds. The number of hydrogen-bond donors (Lipinski definition) is 1. The summed E-state index contributed by atoms with van der Waals surface area (Å²) in [6.07, 6.45) is 1.50. The standard InChI is InChI=1S/C22H23N3O3/c1-4-12-25-21(27)17-11-10-16(13-18(17)22(25)28)20(26)23-19(14-24(2)3)15-8-6-5-7-9-15/h4-11,13,19H,1,12,14H2,2-3H3,(H,23,26). The largest absolute Gasteiger partial charge is 0.344 e. The first kappa shape index (κ1) is 19.5. The third-order valence-corrected chi connectivity index (χ3v) is 4.60. The van der Waals surface area contributed by atoms with Gasteiger partial charge in [0.15, 0.2) is 0 Å². The molecule has 0 saturated carbocycles. The summed E-state index contributed by atoms with van der Waals surface area (Å²) in [6, 6.07) is 14.1. The summed E-state index contributed by atoms with van der Waals surface area (Å²) in [5, 5.41) is 3.03. The average molecular weight is 377 g/mol. The van der Waals surface area contributed by atoms with Crippen LogP contribution in [0.2, 0.25) is 0 Å². The smallest absolute Gasteiger partial charge is 0.261 e. The van der Waals surface area contributed by atoms with Gasteiger partial charge in [0.05, 0.1) is 17.2 Å². The van der Waals surface area contributed by atoms with Gasteiger partial charge in [0, 0.05) is 18.7 Å². The van der Waals surface area contributed by atoms with Gasteiger partial charge in [-0.1, -0.05) is 36.4 Å². The molecule has 0 fully saturated rings. The summed E-state index contributed by atoms with van der Waals surface area (Å²) in [7, 11) is 3.88. The summed E-state index contributed by atoms with van der Waals surface area (Å²) in [4.78, 5) is 40.8. The molecular formula is C22H23N3O3. The number of nitrogens with one attached hydrogen (secondary N) is 1. The maximum Gasteiger partial charge on any atom is 0.261 e. The van der Waals surface area contributed by atoms with Gasteiger partial charge in [0.25, 0.3) is 17.7 Å². The Morgan fingerprint density at radius 2 is 1.79 bits per heavy atom. The Labute approximate surface area is 164 Å². The molecule has 0 saturated heterocycles. The van der Waals surface area contributed by atoms with Crippen LogP contribution in [0, 0.1) is 0 Å². The number of benzene rings is 2. The first-order valence-electron chi connectivity index (χ1n) is 9.04. The van der Waals surface area contributed by atoms with Gasteiger partial charge >= 0.3 is 0 Å². The summed E-state index contributed by atoms with van der Waals surface area (Å²) in [6.45, 7) is 4.35. The van der Waals surface area contributed by atoms with E-state index >= 15 is 0 Å². The number of carbonyl (C=O) groups excluding carboxylic acids is 3. The third kappa shape index (κ3) is 3.87. The number of nitrogens with zero attached hydrogens (tertiary/aromatic N) is 2. The molecule has 1 N–H and O–H groups in total. The fraction of sp³-hybridized carbons (Fsp3) is 0.227. The lowest BCUT2D eigenvalue weighted by Gasteiger charge is -2.23. The van der Waals surface area contributed by atoms with Crippen LogP contribution in [0.15, 0.2) is 61.2 Å². The highest BCUT2D eigenvalue weighted by Crippen LogP contribution is 2.24. The molecule has 6 nitrogen and oxygen atoms in total. The van der Waals surface area contributed by atoms with Crippen molar-refractivity contribution in [3.63, 3.8) is 0 Å². The topological polar surface area (TPSA) is 69.7 Å². The van der Waals surface area contributed by atoms with Crippen molar-refractivity contribution in [2.24, 2.45) is 0 Å². The van der Waals surface area contributed by atoms with Gasteiger partial charge in [-0.05, 0) is 37.9 Å². The van der Waals surface area contributed by atoms with Crippen LogP contribution in [0.1, 0.15) is 42.7 Å². The quantitative estimate of drug-likeness (QED) is 0.595. The number of amides is 3. The van der Waals surface area contributed by atoms with Crippen LogP contribution in [0.5, 0.6) is 0 Å². The maximum absolute atomic E-state index is 12.8. The van der Waals surface area contributed by atoms with Crippen molar-refractivity contribution in [2.45, 2.75) is 6.04 Å². The summed E-state index contributed by atoms with van der Waals surface area (Å²) in [5.41, 5.74) is 1.91. The molecule has 0 radical (unpaired) electrons. The SMILES string of the molecule is C=CCN1C(=O)c2ccc(C(=O)NC(CN(C)C)c3ccccc3)cc2C1=O. The molecule has 1 unspecified atom stereocenters. The zero-order valence-corrected chi connectivity index (χ0v) is 16.0. The van der Waals surface area contributed by atoms with E-state index in [1.54, 1.807) is 6.07 Å². The van der Waals surface area contributed by atoms with Gasteiger partial charge in [0.1, 0.15) is 0 Å². The number of carbonyl (C=O) groups is 3. The van der Waals surface area contributed by atoms with Crippen LogP contribution in [0.4, 0.5) is 0 Å². The lowest BCUT2D eigenvalue weighted by molar-refractivity contribution is 0.0672. The molecule has 0 aliphatic carbocycles. The molecule has 28 heavy (non-hydrogen) atoms. The third-order valence-electron chi connectivity index (χ3n) is 4.60. The van der Waals surface area contributed by atoms with Crippen LogP contribution >= 0.6 is 0 Å². The zero-order chi connectivity index (χ0) is 20.3.